The predicted molar refractivity (Wildman–Crippen MR) is 154 cm³/mol. The summed E-state index contributed by atoms with van der Waals surface area (Å²) in [5, 5.41) is 2.85. The van der Waals surface area contributed by atoms with E-state index in [1.807, 2.05) is 19.1 Å². The van der Waals surface area contributed by atoms with Gasteiger partial charge >= 0.3 is 0 Å². The Hall–Kier alpha value is -2.47. The van der Waals surface area contributed by atoms with Gasteiger partial charge in [0, 0.05) is 6.54 Å². The minimum absolute atomic E-state index is 0.0307. The number of aryl methyl sites for hydroxylation is 1. The van der Waals surface area contributed by atoms with Crippen molar-refractivity contribution in [3.8, 4) is 0 Å². The first kappa shape index (κ1) is 26.6. The smallest absolute Gasteiger partial charge is 0.211 e. The molecule has 0 fully saturated rings. The molecule has 5 heteroatoms. The van der Waals surface area contributed by atoms with Gasteiger partial charge in [0.2, 0.25) is 10.0 Å². The van der Waals surface area contributed by atoms with E-state index in [0.29, 0.717) is 11.4 Å². The van der Waals surface area contributed by atoms with Crippen molar-refractivity contribution in [2.75, 3.05) is 6.54 Å². The number of sulfonamides is 1. The van der Waals surface area contributed by atoms with Gasteiger partial charge in [-0.25, -0.2) is 13.1 Å². The fraction of sp³-hybridized carbons (Fsp3) is 0.355. The standard InChI is InChI=1S/C31H39NO2SSi/c1-25-19-21-28(22-20-25)35(33,34)32-23-27(26-13-11-12-14-26)24-36(31(2,3)4,29-15-7-5-8-16-29)30-17-9-6-10-18-30/h5-10,13,15-22,27,32H,11-12,14,23-24H2,1-4H3. The van der Waals surface area contributed by atoms with E-state index in [1.165, 1.54) is 15.9 Å². The third-order valence-corrected chi connectivity index (χ3v) is 15.6. The highest BCUT2D eigenvalue weighted by atomic mass is 32.2. The van der Waals surface area contributed by atoms with E-state index in [1.54, 1.807) is 12.1 Å². The first-order valence-electron chi connectivity index (χ1n) is 13.0. The molecule has 0 heterocycles. The molecule has 36 heavy (non-hydrogen) atoms. The SMILES string of the molecule is Cc1ccc(S(=O)(=O)NCC(C[Si](c2ccccc2)(c2ccccc2)C(C)(C)C)C2=CCCC2)cc1. The second-order valence-corrected chi connectivity index (χ2v) is 17.8. The Morgan fingerprint density at radius 3 is 1.89 bits per heavy atom. The number of nitrogens with one attached hydrogen (secondary N) is 1. The summed E-state index contributed by atoms with van der Waals surface area (Å²) in [4.78, 5) is 0.331. The zero-order valence-electron chi connectivity index (χ0n) is 22.0. The highest BCUT2D eigenvalue weighted by molar-refractivity contribution is 7.89. The Morgan fingerprint density at radius 2 is 1.42 bits per heavy atom. The predicted octanol–water partition coefficient (Wildman–Crippen LogP) is 6.06. The van der Waals surface area contributed by atoms with Crippen molar-refractivity contribution in [3.63, 3.8) is 0 Å². The van der Waals surface area contributed by atoms with Crippen LogP contribution >= 0.6 is 0 Å². The molecular formula is C31H39NO2SSi. The lowest BCUT2D eigenvalue weighted by atomic mass is 10.0. The topological polar surface area (TPSA) is 46.2 Å². The van der Waals surface area contributed by atoms with E-state index >= 15 is 0 Å². The highest BCUT2D eigenvalue weighted by Crippen LogP contribution is 2.43. The van der Waals surface area contributed by atoms with Crippen molar-refractivity contribution in [2.24, 2.45) is 5.92 Å². The molecule has 3 aromatic carbocycles. The molecular weight excluding hydrogens is 478 g/mol. The Bertz CT molecular complexity index is 1240. The Labute approximate surface area is 218 Å². The average molecular weight is 518 g/mol. The van der Waals surface area contributed by atoms with Crippen LogP contribution in [0.3, 0.4) is 0 Å². The Morgan fingerprint density at radius 1 is 0.861 bits per heavy atom. The third kappa shape index (κ3) is 5.59. The molecule has 1 N–H and O–H groups in total. The maximum atomic E-state index is 13.2. The lowest BCUT2D eigenvalue weighted by Gasteiger charge is -2.46. The summed E-state index contributed by atoms with van der Waals surface area (Å²) in [6, 6.07) is 30.0. The van der Waals surface area contributed by atoms with Crippen molar-refractivity contribution in [1.82, 2.24) is 4.72 Å². The van der Waals surface area contributed by atoms with Gasteiger partial charge in [0.05, 0.1) is 4.90 Å². The van der Waals surface area contributed by atoms with Crippen LogP contribution in [0.2, 0.25) is 11.1 Å². The van der Waals surface area contributed by atoms with Crippen molar-refractivity contribution < 1.29 is 8.42 Å². The molecule has 4 rings (SSSR count). The normalized spacial score (nSPS) is 15.5. The molecule has 1 unspecified atom stereocenters. The monoisotopic (exact) mass is 517 g/mol. The van der Waals surface area contributed by atoms with Crippen LogP contribution in [0.1, 0.15) is 45.6 Å². The van der Waals surface area contributed by atoms with Crippen LogP contribution in [0, 0.1) is 12.8 Å². The van der Waals surface area contributed by atoms with Gasteiger partial charge in [0.1, 0.15) is 8.07 Å². The fourth-order valence-corrected chi connectivity index (χ4v) is 12.7. The maximum Gasteiger partial charge on any atom is 0.240 e. The zero-order chi connectivity index (χ0) is 25.8. The lowest BCUT2D eigenvalue weighted by molar-refractivity contribution is 0.559. The van der Waals surface area contributed by atoms with E-state index in [-0.39, 0.29) is 11.0 Å². The molecule has 1 aliphatic rings. The van der Waals surface area contributed by atoms with Gasteiger partial charge in [-0.1, -0.05) is 121 Å². The van der Waals surface area contributed by atoms with Gasteiger partial charge in [-0.3, -0.25) is 0 Å². The number of rotatable bonds is 9. The minimum atomic E-state index is -3.58. The van der Waals surface area contributed by atoms with Crippen LogP contribution < -0.4 is 15.1 Å². The fourth-order valence-electron chi connectivity index (χ4n) is 5.80. The Kier molecular flexibility index (Phi) is 8.03. The summed E-state index contributed by atoms with van der Waals surface area (Å²) in [5.41, 5.74) is 2.46. The first-order valence-corrected chi connectivity index (χ1v) is 16.7. The van der Waals surface area contributed by atoms with Crippen molar-refractivity contribution in [1.29, 1.82) is 0 Å². The zero-order valence-corrected chi connectivity index (χ0v) is 23.8. The second-order valence-electron chi connectivity index (χ2n) is 11.1. The molecule has 0 saturated carbocycles. The van der Waals surface area contributed by atoms with Crippen molar-refractivity contribution >= 4 is 28.5 Å². The first-order chi connectivity index (χ1) is 17.1. The highest BCUT2D eigenvalue weighted by Gasteiger charge is 2.49. The number of hydrogen-bond acceptors (Lipinski definition) is 2. The van der Waals surface area contributed by atoms with E-state index in [2.05, 4.69) is 92.2 Å². The molecule has 0 radical (unpaired) electrons. The molecule has 190 valence electrons. The molecule has 0 spiro atoms. The van der Waals surface area contributed by atoms with Crippen LogP contribution in [0.25, 0.3) is 0 Å². The van der Waals surface area contributed by atoms with Gasteiger partial charge in [-0.05, 0) is 55.3 Å². The van der Waals surface area contributed by atoms with Crippen LogP contribution in [-0.2, 0) is 10.0 Å². The lowest BCUT2D eigenvalue weighted by Crippen LogP contribution is -2.65. The second kappa shape index (κ2) is 10.9. The summed E-state index contributed by atoms with van der Waals surface area (Å²) in [6.45, 7) is 9.50. The molecule has 3 nitrogen and oxygen atoms in total. The largest absolute Gasteiger partial charge is 0.240 e. The van der Waals surface area contributed by atoms with Crippen LogP contribution in [0.5, 0.6) is 0 Å². The number of benzene rings is 3. The molecule has 0 amide bonds. The van der Waals surface area contributed by atoms with Crippen LogP contribution in [0.15, 0.2) is 101 Å². The summed E-state index contributed by atoms with van der Waals surface area (Å²) in [6.07, 6.45) is 5.65. The summed E-state index contributed by atoms with van der Waals surface area (Å²) in [5.74, 6) is 0.152. The van der Waals surface area contributed by atoms with E-state index in [4.69, 9.17) is 0 Å². The van der Waals surface area contributed by atoms with Crippen LogP contribution in [0.4, 0.5) is 0 Å². The molecule has 0 bridgehead atoms. The van der Waals surface area contributed by atoms with Gasteiger partial charge in [0.25, 0.3) is 0 Å². The van der Waals surface area contributed by atoms with Crippen molar-refractivity contribution in [2.45, 2.75) is 62.9 Å². The molecule has 0 aliphatic heterocycles. The summed E-state index contributed by atoms with van der Waals surface area (Å²) >= 11 is 0. The third-order valence-electron chi connectivity index (χ3n) is 7.82. The van der Waals surface area contributed by atoms with Gasteiger partial charge in [0.15, 0.2) is 0 Å². The maximum absolute atomic E-state index is 13.2. The minimum Gasteiger partial charge on any atom is -0.211 e. The summed E-state index contributed by atoms with van der Waals surface area (Å²) in [7, 11) is -5.92. The molecule has 1 atom stereocenters. The molecule has 0 saturated heterocycles. The van der Waals surface area contributed by atoms with E-state index in [9.17, 15) is 8.42 Å². The van der Waals surface area contributed by atoms with Gasteiger partial charge in [-0.2, -0.15) is 0 Å². The Balaban J connectivity index is 1.76. The quantitative estimate of drug-likeness (QED) is 0.277. The molecule has 1 aliphatic carbocycles. The average Bonchev–Trinajstić information content (AvgIpc) is 3.40. The number of hydrogen-bond donors (Lipinski definition) is 1. The van der Waals surface area contributed by atoms with E-state index in [0.717, 1.165) is 30.9 Å². The van der Waals surface area contributed by atoms with Gasteiger partial charge in [-0.15, -0.1) is 0 Å². The summed E-state index contributed by atoms with van der Waals surface area (Å²) < 4.78 is 29.5. The van der Waals surface area contributed by atoms with Crippen LogP contribution in [-0.4, -0.2) is 23.0 Å². The van der Waals surface area contributed by atoms with Gasteiger partial charge < -0.3 is 0 Å². The molecule has 0 aromatic heterocycles. The van der Waals surface area contributed by atoms with Crippen molar-refractivity contribution in [3.05, 3.63) is 102 Å². The molecule has 3 aromatic rings. The van der Waals surface area contributed by atoms with E-state index < -0.39 is 18.1 Å². The number of allylic oxidation sites excluding steroid dienone is 1.